The van der Waals surface area contributed by atoms with Crippen molar-refractivity contribution in [3.63, 3.8) is 0 Å². The number of methoxy groups -OCH3 is 1. The van der Waals surface area contributed by atoms with E-state index < -0.39 is 0 Å². The standard InChI is InChI=1S/C21H21N3O3/c1-14-15-7-3-4-8-17(15)20(25)24(22-14)13-23-12-6-10-16-18(21(26)27-2)9-5-11-19(16)23/h3-5,7-9,11H,6,10,12-13H2,1-2H3. The van der Waals surface area contributed by atoms with Crippen LogP contribution in [0.2, 0.25) is 0 Å². The van der Waals surface area contributed by atoms with Gasteiger partial charge in [0.1, 0.15) is 6.67 Å². The van der Waals surface area contributed by atoms with Crippen molar-refractivity contribution >= 4 is 22.4 Å². The van der Waals surface area contributed by atoms with E-state index in [1.165, 1.54) is 11.8 Å². The number of benzene rings is 2. The second kappa shape index (κ2) is 6.87. The molecule has 0 unspecified atom stereocenters. The normalized spacial score (nSPS) is 13.5. The maximum Gasteiger partial charge on any atom is 0.338 e. The first kappa shape index (κ1) is 17.3. The van der Waals surface area contributed by atoms with Gasteiger partial charge in [0.05, 0.1) is 23.8 Å². The summed E-state index contributed by atoms with van der Waals surface area (Å²) in [6.07, 6.45) is 1.72. The SMILES string of the molecule is COC(=O)c1cccc2c1CCCN2Cn1nc(C)c2ccccc2c1=O. The number of nitrogens with zero attached hydrogens (tertiary/aromatic N) is 3. The minimum absolute atomic E-state index is 0.104. The van der Waals surface area contributed by atoms with Gasteiger partial charge < -0.3 is 9.64 Å². The van der Waals surface area contributed by atoms with Gasteiger partial charge in [0.25, 0.3) is 5.56 Å². The van der Waals surface area contributed by atoms with Crippen molar-refractivity contribution in [2.45, 2.75) is 26.4 Å². The van der Waals surface area contributed by atoms with E-state index in [-0.39, 0.29) is 11.5 Å². The Bertz CT molecular complexity index is 1090. The van der Waals surface area contributed by atoms with Gasteiger partial charge in [0.2, 0.25) is 0 Å². The van der Waals surface area contributed by atoms with Gasteiger partial charge in [0, 0.05) is 17.6 Å². The van der Waals surface area contributed by atoms with E-state index in [1.54, 1.807) is 6.07 Å². The van der Waals surface area contributed by atoms with Gasteiger partial charge in [-0.3, -0.25) is 4.79 Å². The Morgan fingerprint density at radius 2 is 1.93 bits per heavy atom. The van der Waals surface area contributed by atoms with Gasteiger partial charge in [-0.25, -0.2) is 9.48 Å². The lowest BCUT2D eigenvalue weighted by Gasteiger charge is -2.32. The summed E-state index contributed by atoms with van der Waals surface area (Å²) >= 11 is 0. The van der Waals surface area contributed by atoms with E-state index in [0.717, 1.165) is 41.7 Å². The molecule has 0 saturated heterocycles. The molecule has 1 aliphatic rings. The van der Waals surface area contributed by atoms with Gasteiger partial charge in [-0.15, -0.1) is 0 Å². The van der Waals surface area contributed by atoms with Crippen molar-refractivity contribution in [3.05, 3.63) is 69.6 Å². The van der Waals surface area contributed by atoms with Gasteiger partial charge in [-0.1, -0.05) is 24.3 Å². The Labute approximate surface area is 157 Å². The second-order valence-electron chi connectivity index (χ2n) is 6.74. The molecule has 0 amide bonds. The summed E-state index contributed by atoms with van der Waals surface area (Å²) in [6.45, 7) is 3.07. The number of anilines is 1. The monoisotopic (exact) mass is 363 g/mol. The molecule has 27 heavy (non-hydrogen) atoms. The fraction of sp³-hybridized carbons (Fsp3) is 0.286. The average molecular weight is 363 g/mol. The van der Waals surface area contributed by atoms with E-state index in [0.29, 0.717) is 17.6 Å². The Morgan fingerprint density at radius 1 is 1.15 bits per heavy atom. The van der Waals surface area contributed by atoms with Crippen LogP contribution in [0.1, 0.15) is 28.0 Å². The Morgan fingerprint density at radius 3 is 2.70 bits per heavy atom. The van der Waals surface area contributed by atoms with Crippen molar-refractivity contribution in [3.8, 4) is 0 Å². The summed E-state index contributed by atoms with van der Waals surface area (Å²) in [7, 11) is 1.39. The summed E-state index contributed by atoms with van der Waals surface area (Å²) < 4.78 is 6.43. The van der Waals surface area contributed by atoms with Gasteiger partial charge in [0.15, 0.2) is 0 Å². The zero-order chi connectivity index (χ0) is 19.0. The summed E-state index contributed by atoms with van der Waals surface area (Å²) in [4.78, 5) is 27.1. The van der Waals surface area contributed by atoms with Crippen LogP contribution in [-0.2, 0) is 17.8 Å². The van der Waals surface area contributed by atoms with Crippen LogP contribution in [0.4, 0.5) is 5.69 Å². The molecule has 2 heterocycles. The molecule has 6 nitrogen and oxygen atoms in total. The molecule has 138 valence electrons. The highest BCUT2D eigenvalue weighted by Gasteiger charge is 2.23. The van der Waals surface area contributed by atoms with Gasteiger partial charge in [-0.2, -0.15) is 5.10 Å². The lowest BCUT2D eigenvalue weighted by atomic mass is 9.96. The summed E-state index contributed by atoms with van der Waals surface area (Å²) in [5, 5.41) is 6.06. The first-order chi connectivity index (χ1) is 13.1. The van der Waals surface area contributed by atoms with Crippen molar-refractivity contribution < 1.29 is 9.53 Å². The van der Waals surface area contributed by atoms with Crippen LogP contribution in [0, 0.1) is 6.92 Å². The van der Waals surface area contributed by atoms with E-state index in [1.807, 2.05) is 43.3 Å². The van der Waals surface area contributed by atoms with Crippen LogP contribution >= 0.6 is 0 Å². The second-order valence-corrected chi connectivity index (χ2v) is 6.74. The van der Waals surface area contributed by atoms with Crippen molar-refractivity contribution in [2.75, 3.05) is 18.6 Å². The largest absolute Gasteiger partial charge is 0.465 e. The lowest BCUT2D eigenvalue weighted by Crippen LogP contribution is -2.37. The van der Waals surface area contributed by atoms with E-state index in [4.69, 9.17) is 4.74 Å². The molecule has 0 spiro atoms. The summed E-state index contributed by atoms with van der Waals surface area (Å²) in [5.74, 6) is -0.328. The highest BCUT2D eigenvalue weighted by Crippen LogP contribution is 2.30. The maximum absolute atomic E-state index is 12.9. The number of rotatable bonds is 3. The number of fused-ring (bicyclic) bond motifs is 2. The third-order valence-corrected chi connectivity index (χ3v) is 5.11. The number of hydrogen-bond acceptors (Lipinski definition) is 5. The zero-order valence-electron chi connectivity index (χ0n) is 15.4. The molecule has 0 atom stereocenters. The molecule has 3 aromatic rings. The third-order valence-electron chi connectivity index (χ3n) is 5.11. The smallest absolute Gasteiger partial charge is 0.338 e. The van der Waals surface area contributed by atoms with Crippen LogP contribution in [0.5, 0.6) is 0 Å². The van der Waals surface area contributed by atoms with E-state index in [9.17, 15) is 9.59 Å². The lowest BCUT2D eigenvalue weighted by molar-refractivity contribution is 0.0599. The predicted molar refractivity (Wildman–Crippen MR) is 104 cm³/mol. The Kier molecular flexibility index (Phi) is 4.39. The minimum Gasteiger partial charge on any atom is -0.465 e. The van der Waals surface area contributed by atoms with Crippen LogP contribution in [-0.4, -0.2) is 29.4 Å². The van der Waals surface area contributed by atoms with Crippen LogP contribution in [0.25, 0.3) is 10.8 Å². The van der Waals surface area contributed by atoms with Crippen molar-refractivity contribution in [2.24, 2.45) is 0 Å². The highest BCUT2D eigenvalue weighted by molar-refractivity contribution is 5.93. The molecule has 4 rings (SSSR count). The molecular weight excluding hydrogens is 342 g/mol. The summed E-state index contributed by atoms with van der Waals surface area (Å²) in [6, 6.07) is 13.2. The Hall–Kier alpha value is -3.15. The van der Waals surface area contributed by atoms with E-state index in [2.05, 4.69) is 10.00 Å². The molecule has 0 radical (unpaired) electrons. The first-order valence-corrected chi connectivity index (χ1v) is 9.02. The van der Waals surface area contributed by atoms with Crippen LogP contribution < -0.4 is 10.5 Å². The number of ether oxygens (including phenoxy) is 1. The Balaban J connectivity index is 1.76. The predicted octanol–water partition coefficient (Wildman–Crippen LogP) is 2.90. The molecule has 0 N–H and O–H groups in total. The van der Waals surface area contributed by atoms with Crippen LogP contribution in [0.15, 0.2) is 47.3 Å². The third kappa shape index (κ3) is 2.97. The molecule has 0 saturated carbocycles. The minimum atomic E-state index is -0.328. The molecule has 0 fully saturated rings. The molecule has 2 aromatic carbocycles. The molecule has 0 bridgehead atoms. The number of aromatic nitrogens is 2. The fourth-order valence-electron chi connectivity index (χ4n) is 3.81. The van der Waals surface area contributed by atoms with Gasteiger partial charge in [-0.05, 0) is 43.5 Å². The van der Waals surface area contributed by atoms with Gasteiger partial charge >= 0.3 is 5.97 Å². The molecule has 1 aromatic heterocycles. The van der Waals surface area contributed by atoms with Crippen LogP contribution in [0.3, 0.4) is 0 Å². The number of aryl methyl sites for hydroxylation is 1. The zero-order valence-corrected chi connectivity index (χ0v) is 15.4. The number of esters is 1. The average Bonchev–Trinajstić information content (AvgIpc) is 2.71. The van der Waals surface area contributed by atoms with Crippen molar-refractivity contribution in [1.29, 1.82) is 0 Å². The quantitative estimate of drug-likeness (QED) is 0.670. The molecule has 6 heteroatoms. The maximum atomic E-state index is 12.9. The molecule has 0 aliphatic carbocycles. The number of carbonyl (C=O) groups excluding carboxylic acids is 1. The molecular formula is C21H21N3O3. The number of hydrogen-bond donors (Lipinski definition) is 0. The summed E-state index contributed by atoms with van der Waals surface area (Å²) in [5.41, 5.74) is 3.25. The van der Waals surface area contributed by atoms with E-state index >= 15 is 0 Å². The highest BCUT2D eigenvalue weighted by atomic mass is 16.5. The first-order valence-electron chi connectivity index (χ1n) is 9.02. The molecule has 1 aliphatic heterocycles. The number of carbonyl (C=O) groups is 1. The topological polar surface area (TPSA) is 64.4 Å². The van der Waals surface area contributed by atoms with Crippen molar-refractivity contribution in [1.82, 2.24) is 9.78 Å². The fourth-order valence-corrected chi connectivity index (χ4v) is 3.81.